The molecule has 1 amide bonds. The summed E-state index contributed by atoms with van der Waals surface area (Å²) >= 11 is 0. The molecule has 2 heterocycles. The molecule has 0 radical (unpaired) electrons. The lowest BCUT2D eigenvalue weighted by Crippen LogP contribution is -2.62. The molecule has 1 unspecified atom stereocenters. The van der Waals surface area contributed by atoms with Crippen molar-refractivity contribution in [3.63, 3.8) is 0 Å². The van der Waals surface area contributed by atoms with E-state index in [4.69, 9.17) is 0 Å². The number of nitrogens with zero attached hydrogens (tertiary/aromatic N) is 3. The summed E-state index contributed by atoms with van der Waals surface area (Å²) in [6.07, 6.45) is -1.25. The highest BCUT2D eigenvalue weighted by atomic mass is 19.4. The van der Waals surface area contributed by atoms with Gasteiger partial charge < -0.3 is 10.0 Å². The van der Waals surface area contributed by atoms with Crippen LogP contribution in [0.15, 0.2) is 41.5 Å². The summed E-state index contributed by atoms with van der Waals surface area (Å²) in [7, 11) is 0. The van der Waals surface area contributed by atoms with Crippen LogP contribution in [0.3, 0.4) is 0 Å². The minimum atomic E-state index is -4.43. The number of likely N-dealkylation sites (tertiary alicyclic amines) is 1. The Bertz CT molecular complexity index is 1140. The molecule has 2 fully saturated rings. The van der Waals surface area contributed by atoms with Crippen LogP contribution in [0, 0.1) is 17.2 Å². The van der Waals surface area contributed by atoms with Gasteiger partial charge in [-0.2, -0.15) is 13.2 Å². The summed E-state index contributed by atoms with van der Waals surface area (Å²) in [6.45, 7) is 1.52. The third-order valence-corrected chi connectivity index (χ3v) is 7.54. The topological polar surface area (TPSA) is 75.4 Å². The van der Waals surface area contributed by atoms with Crippen LogP contribution >= 0.6 is 0 Å². The molecule has 2 aromatic rings. The van der Waals surface area contributed by atoms with Gasteiger partial charge in [0.15, 0.2) is 0 Å². The van der Waals surface area contributed by atoms with Crippen LogP contribution in [0.1, 0.15) is 45.4 Å². The van der Waals surface area contributed by atoms with Crippen LogP contribution in [0.25, 0.3) is 11.3 Å². The van der Waals surface area contributed by atoms with E-state index in [0.717, 1.165) is 12.8 Å². The third kappa shape index (κ3) is 5.27. The Kier molecular flexibility index (Phi) is 6.78. The molecule has 35 heavy (non-hydrogen) atoms. The van der Waals surface area contributed by atoms with Gasteiger partial charge >= 0.3 is 6.18 Å². The van der Waals surface area contributed by atoms with Crippen molar-refractivity contribution in [3.8, 4) is 11.3 Å². The number of piperidine rings is 1. The van der Waals surface area contributed by atoms with Crippen LogP contribution in [-0.2, 0) is 11.3 Å². The summed E-state index contributed by atoms with van der Waals surface area (Å²) in [4.78, 5) is 31.4. The molecule has 2 aliphatic rings. The largest absolute Gasteiger partial charge is 0.389 e. The molecule has 190 valence electrons. The molecule has 0 bridgehead atoms. The van der Waals surface area contributed by atoms with Gasteiger partial charge in [0.25, 0.3) is 5.56 Å². The monoisotopic (exact) mass is 495 g/mol. The standard InChI is InChI=1S/C25H29F4N3O3/c1-17(13-25(27,28)29)22(34)31-10-9-24(35,23(14-31)7-2-3-8-23)15-32-16-30-20(12-21(32)33)18-5-4-6-19(26)11-18/h4-6,11-12,16-17,35H,2-3,7-10,13-15H2,1H3/t17?,24-/m1/s1. The number of amides is 1. The van der Waals surface area contributed by atoms with E-state index >= 15 is 0 Å². The molecule has 1 saturated heterocycles. The predicted octanol–water partition coefficient (Wildman–Crippen LogP) is 4.16. The zero-order valence-electron chi connectivity index (χ0n) is 19.5. The maximum atomic E-state index is 13.6. The smallest absolute Gasteiger partial charge is 0.387 e. The SMILES string of the molecule is CC(CC(F)(F)F)C(=O)N1CC[C@@](O)(Cn2cnc(-c3cccc(F)c3)cc2=O)C2(CCCC2)C1. The molecule has 10 heteroatoms. The second-order valence-corrected chi connectivity index (χ2v) is 10.00. The quantitative estimate of drug-likeness (QED) is 0.632. The number of hydrogen-bond acceptors (Lipinski definition) is 4. The third-order valence-electron chi connectivity index (χ3n) is 7.54. The van der Waals surface area contributed by atoms with Crippen molar-refractivity contribution in [2.24, 2.45) is 11.3 Å². The Morgan fingerprint density at radius 3 is 2.54 bits per heavy atom. The van der Waals surface area contributed by atoms with E-state index in [0.29, 0.717) is 24.1 Å². The van der Waals surface area contributed by atoms with Gasteiger partial charge in [0.1, 0.15) is 5.82 Å². The Hall–Kier alpha value is -2.75. The van der Waals surface area contributed by atoms with E-state index in [1.165, 1.54) is 47.0 Å². The lowest BCUT2D eigenvalue weighted by atomic mass is 9.65. The number of aromatic nitrogens is 2. The average molecular weight is 496 g/mol. The van der Waals surface area contributed by atoms with Crippen LogP contribution in [0.5, 0.6) is 0 Å². The van der Waals surface area contributed by atoms with Gasteiger partial charge in [0.2, 0.25) is 5.91 Å². The van der Waals surface area contributed by atoms with E-state index in [1.54, 1.807) is 6.07 Å². The molecule has 1 saturated carbocycles. The number of benzene rings is 1. The van der Waals surface area contributed by atoms with Gasteiger partial charge in [-0.05, 0) is 31.4 Å². The first kappa shape index (κ1) is 25.3. The Balaban J connectivity index is 1.55. The van der Waals surface area contributed by atoms with Gasteiger partial charge in [-0.1, -0.05) is 31.9 Å². The number of aliphatic hydroxyl groups is 1. The fourth-order valence-electron chi connectivity index (χ4n) is 5.67. The van der Waals surface area contributed by atoms with Crippen LogP contribution in [-0.4, -0.2) is 50.3 Å². The van der Waals surface area contributed by atoms with Crippen molar-refractivity contribution >= 4 is 5.91 Å². The van der Waals surface area contributed by atoms with Gasteiger partial charge in [-0.3, -0.25) is 14.2 Å². The van der Waals surface area contributed by atoms with Crippen LogP contribution < -0.4 is 5.56 Å². The normalized spacial score (nSPS) is 23.0. The average Bonchev–Trinajstić information content (AvgIpc) is 3.25. The number of carbonyl (C=O) groups is 1. The molecule has 1 aromatic carbocycles. The number of alkyl halides is 3. The molecule has 2 atom stereocenters. The zero-order valence-corrected chi connectivity index (χ0v) is 19.5. The second-order valence-electron chi connectivity index (χ2n) is 10.00. The maximum absolute atomic E-state index is 13.6. The van der Waals surface area contributed by atoms with Gasteiger partial charge in [-0.25, -0.2) is 9.37 Å². The highest BCUT2D eigenvalue weighted by Crippen LogP contribution is 2.51. The van der Waals surface area contributed by atoms with Crippen molar-refractivity contribution in [1.29, 1.82) is 0 Å². The van der Waals surface area contributed by atoms with Crippen molar-refractivity contribution in [1.82, 2.24) is 14.5 Å². The summed E-state index contributed by atoms with van der Waals surface area (Å²) in [5, 5.41) is 11.8. The molecule has 1 N–H and O–H groups in total. The Labute approximate surface area is 200 Å². The Morgan fingerprint density at radius 1 is 1.20 bits per heavy atom. The molecular weight excluding hydrogens is 466 g/mol. The molecule has 1 aromatic heterocycles. The lowest BCUT2D eigenvalue weighted by molar-refractivity contribution is -0.172. The van der Waals surface area contributed by atoms with E-state index in [9.17, 15) is 32.3 Å². The van der Waals surface area contributed by atoms with Crippen molar-refractivity contribution in [3.05, 3.63) is 52.8 Å². The van der Waals surface area contributed by atoms with Gasteiger partial charge in [-0.15, -0.1) is 0 Å². The molecule has 6 nitrogen and oxygen atoms in total. The van der Waals surface area contributed by atoms with Crippen molar-refractivity contribution < 1.29 is 27.5 Å². The molecular formula is C25H29F4N3O3. The van der Waals surface area contributed by atoms with E-state index in [-0.39, 0.29) is 26.1 Å². The first-order valence-electron chi connectivity index (χ1n) is 11.8. The van der Waals surface area contributed by atoms with Crippen molar-refractivity contribution in [2.75, 3.05) is 13.1 Å². The van der Waals surface area contributed by atoms with E-state index < -0.39 is 46.8 Å². The van der Waals surface area contributed by atoms with Crippen LogP contribution in [0.4, 0.5) is 17.6 Å². The summed E-state index contributed by atoms with van der Waals surface area (Å²) in [5.74, 6) is -2.20. The van der Waals surface area contributed by atoms with Crippen molar-refractivity contribution in [2.45, 2.75) is 63.8 Å². The Morgan fingerprint density at radius 2 is 1.91 bits per heavy atom. The fraction of sp³-hybridized carbons (Fsp3) is 0.560. The second kappa shape index (κ2) is 9.37. The summed E-state index contributed by atoms with van der Waals surface area (Å²) in [5.41, 5.74) is -1.66. The van der Waals surface area contributed by atoms with E-state index in [2.05, 4.69) is 4.98 Å². The first-order valence-corrected chi connectivity index (χ1v) is 11.8. The summed E-state index contributed by atoms with van der Waals surface area (Å²) in [6, 6.07) is 7.02. The first-order chi connectivity index (χ1) is 16.4. The predicted molar refractivity (Wildman–Crippen MR) is 121 cm³/mol. The minimum Gasteiger partial charge on any atom is -0.387 e. The minimum absolute atomic E-state index is 0.0393. The number of rotatable bonds is 5. The molecule has 1 aliphatic heterocycles. The highest BCUT2D eigenvalue weighted by Gasteiger charge is 2.56. The van der Waals surface area contributed by atoms with Gasteiger partial charge in [0.05, 0.1) is 30.6 Å². The number of carbonyl (C=O) groups excluding carboxylic acids is 1. The molecule has 1 aliphatic carbocycles. The number of hydrogen-bond donors (Lipinski definition) is 1. The van der Waals surface area contributed by atoms with Gasteiger partial charge in [0, 0.05) is 36.1 Å². The lowest BCUT2D eigenvalue weighted by Gasteiger charge is -2.52. The number of halogens is 4. The molecule has 1 spiro atoms. The fourth-order valence-corrected chi connectivity index (χ4v) is 5.67. The van der Waals surface area contributed by atoms with Crippen LogP contribution in [0.2, 0.25) is 0 Å². The van der Waals surface area contributed by atoms with E-state index in [1.807, 2.05) is 0 Å². The highest BCUT2D eigenvalue weighted by molar-refractivity contribution is 5.78. The molecule has 4 rings (SSSR count). The zero-order chi connectivity index (χ0) is 25.4. The maximum Gasteiger partial charge on any atom is 0.389 e. The summed E-state index contributed by atoms with van der Waals surface area (Å²) < 4.78 is 53.3.